The molecule has 0 amide bonds. The number of rotatable bonds is 21. The van der Waals surface area contributed by atoms with Gasteiger partial charge in [-0.1, -0.05) is 50.0 Å². The third kappa shape index (κ3) is 12.7. The van der Waals surface area contributed by atoms with Gasteiger partial charge >= 0.3 is 17.9 Å². The molecular weight excluding hydrogens is 758 g/mol. The van der Waals surface area contributed by atoms with Crippen molar-refractivity contribution >= 4 is 29.5 Å². The first kappa shape index (κ1) is 44.5. The smallest absolute Gasteiger partial charge is 0.338 e. The number of unbranched alkanes of at least 4 members (excludes halogenated alkanes) is 2. The number of benzene rings is 2. The van der Waals surface area contributed by atoms with Gasteiger partial charge in [0.15, 0.2) is 12.4 Å². The molecule has 2 aromatic carbocycles. The van der Waals surface area contributed by atoms with Gasteiger partial charge in [-0.3, -0.25) is 9.59 Å². The number of hydrogen-bond acceptors (Lipinski definition) is 15. The molecule has 0 saturated carbocycles. The van der Waals surface area contributed by atoms with Gasteiger partial charge < -0.3 is 52.5 Å². The van der Waals surface area contributed by atoms with Gasteiger partial charge in [0.25, 0.3) is 0 Å². The van der Waals surface area contributed by atoms with E-state index < -0.39 is 98.4 Å². The third-order valence-electron chi connectivity index (χ3n) is 8.86. The van der Waals surface area contributed by atoms with E-state index in [9.17, 15) is 25.0 Å². The van der Waals surface area contributed by atoms with E-state index in [0.717, 1.165) is 12.8 Å². The molecule has 2 aromatic rings. The topological polar surface area (TPSA) is 212 Å². The van der Waals surface area contributed by atoms with Crippen LogP contribution in [0.25, 0.3) is 10.4 Å². The molecule has 308 valence electrons. The summed E-state index contributed by atoms with van der Waals surface area (Å²) in [6, 6.07) is 13.5. The molecule has 0 radical (unpaired) electrons. The highest BCUT2D eigenvalue weighted by atomic mass is 35.5. The van der Waals surface area contributed by atoms with Crippen LogP contribution in [-0.4, -0.2) is 124 Å². The second-order valence-corrected chi connectivity index (χ2v) is 13.2. The number of aliphatic hydroxyl groups excluding tert-OH is 1. The largest absolute Gasteiger partial charge is 0.497 e. The van der Waals surface area contributed by atoms with Crippen molar-refractivity contribution in [2.45, 2.75) is 108 Å². The zero-order valence-electron chi connectivity index (χ0n) is 31.8. The Morgan fingerprint density at radius 3 is 2.07 bits per heavy atom. The zero-order chi connectivity index (χ0) is 40.5. The maximum Gasteiger partial charge on any atom is 0.338 e. The van der Waals surface area contributed by atoms with Crippen LogP contribution in [0.4, 0.5) is 0 Å². The third-order valence-corrected chi connectivity index (χ3v) is 9.08. The van der Waals surface area contributed by atoms with Gasteiger partial charge in [0, 0.05) is 25.0 Å². The summed E-state index contributed by atoms with van der Waals surface area (Å²) in [5, 5.41) is 15.3. The fourth-order valence-corrected chi connectivity index (χ4v) is 6.04. The summed E-state index contributed by atoms with van der Waals surface area (Å²) in [6.07, 6.45) is -9.00. The molecule has 4 unspecified atom stereocenters. The highest BCUT2D eigenvalue weighted by Crippen LogP contribution is 2.36. The van der Waals surface area contributed by atoms with Crippen molar-refractivity contribution in [1.29, 1.82) is 0 Å². The Bertz CT molecular complexity index is 1570. The first-order valence-corrected chi connectivity index (χ1v) is 19.0. The van der Waals surface area contributed by atoms with Crippen molar-refractivity contribution in [2.24, 2.45) is 5.11 Å². The Morgan fingerprint density at radius 1 is 0.839 bits per heavy atom. The summed E-state index contributed by atoms with van der Waals surface area (Å²) in [4.78, 5) is 40.9. The van der Waals surface area contributed by atoms with Crippen molar-refractivity contribution in [2.75, 3.05) is 39.4 Å². The molecule has 2 saturated heterocycles. The summed E-state index contributed by atoms with van der Waals surface area (Å²) >= 11 is 5.77. The minimum absolute atomic E-state index is 0.158. The Labute approximate surface area is 330 Å². The van der Waals surface area contributed by atoms with Crippen LogP contribution in [0.15, 0.2) is 59.7 Å². The predicted molar refractivity (Wildman–Crippen MR) is 198 cm³/mol. The molecule has 0 aliphatic carbocycles. The molecule has 2 aliphatic heterocycles. The maximum absolute atomic E-state index is 13.7. The van der Waals surface area contributed by atoms with Crippen LogP contribution < -0.4 is 9.47 Å². The number of ether oxygens (including phenoxy) is 10. The number of alkyl halides is 1. The van der Waals surface area contributed by atoms with Crippen LogP contribution in [0, 0.1) is 0 Å². The van der Waals surface area contributed by atoms with Crippen molar-refractivity contribution in [3.05, 3.63) is 70.6 Å². The van der Waals surface area contributed by atoms with Gasteiger partial charge in [0.2, 0.25) is 6.29 Å². The number of azide groups is 1. The van der Waals surface area contributed by atoms with Crippen molar-refractivity contribution in [3.63, 3.8) is 0 Å². The highest BCUT2D eigenvalue weighted by Gasteiger charge is 2.55. The van der Waals surface area contributed by atoms with E-state index in [1.54, 1.807) is 54.6 Å². The van der Waals surface area contributed by atoms with Gasteiger partial charge in [-0.15, -0.1) is 11.6 Å². The van der Waals surface area contributed by atoms with Crippen molar-refractivity contribution < 1.29 is 66.9 Å². The minimum Gasteiger partial charge on any atom is -0.497 e. The molecular formula is C38H50ClN3O14. The first-order valence-electron chi connectivity index (χ1n) is 18.5. The Kier molecular flexibility index (Phi) is 18.4. The van der Waals surface area contributed by atoms with E-state index in [0.29, 0.717) is 24.3 Å². The number of aliphatic hydroxyl groups is 1. The Morgan fingerprint density at radius 2 is 1.46 bits per heavy atom. The van der Waals surface area contributed by atoms with Crippen LogP contribution in [0.3, 0.4) is 0 Å². The Hall–Kier alpha value is -4.19. The molecule has 0 bridgehead atoms. The van der Waals surface area contributed by atoms with Crippen LogP contribution in [0.2, 0.25) is 0 Å². The number of halogens is 1. The first-order chi connectivity index (χ1) is 27.1. The second-order valence-electron chi connectivity index (χ2n) is 12.9. The van der Waals surface area contributed by atoms with E-state index in [4.69, 9.17) is 59.0 Å². The zero-order valence-corrected chi connectivity index (χ0v) is 32.6. The number of carbonyl (C=O) groups excluding carboxylic acids is 3. The molecule has 4 rings (SSSR count). The molecule has 2 fully saturated rings. The molecule has 0 spiro atoms. The molecule has 56 heavy (non-hydrogen) atoms. The van der Waals surface area contributed by atoms with Crippen LogP contribution in [-0.2, 0) is 47.5 Å². The van der Waals surface area contributed by atoms with Gasteiger partial charge in [-0.05, 0) is 54.8 Å². The average molecular weight is 808 g/mol. The number of methoxy groups -OCH3 is 1. The fourth-order valence-electron chi connectivity index (χ4n) is 5.97. The molecule has 1 N–H and O–H groups in total. The lowest BCUT2D eigenvalue weighted by molar-refractivity contribution is -0.341. The Balaban J connectivity index is 1.81. The highest BCUT2D eigenvalue weighted by molar-refractivity contribution is 6.26. The van der Waals surface area contributed by atoms with E-state index >= 15 is 0 Å². The lowest BCUT2D eigenvalue weighted by Gasteiger charge is -2.48. The molecule has 17 nitrogen and oxygen atoms in total. The summed E-state index contributed by atoms with van der Waals surface area (Å²) in [7, 11) is 1.52. The standard InChI is InChI=1S/C38H50ClN3O14/c1-5-7-18-48-33-30(41-42-40)37(53-27(31(33)45)21-50-23(3)43)56-32-28(22-51-29(44)20-39)54-38(52-26-16-14-25(47-4)15-17-26)35(34(32)49-19-8-6-2)55-36(46)24-12-10-9-11-13-24/h9-17,27-28,30-35,37-38,45H,5-8,18-22H2,1-4H3/t27?,28?,30?,31-,32-,33-,34?,35+,37+,38-/m1/s1. The molecule has 10 atom stereocenters. The van der Waals surface area contributed by atoms with E-state index in [1.807, 2.05) is 13.8 Å². The summed E-state index contributed by atoms with van der Waals surface area (Å²) < 4.78 is 60.1. The summed E-state index contributed by atoms with van der Waals surface area (Å²) in [5.41, 5.74) is 9.90. The normalized spacial score (nSPS) is 27.3. The van der Waals surface area contributed by atoms with Crippen LogP contribution in [0.1, 0.15) is 56.8 Å². The predicted octanol–water partition coefficient (Wildman–Crippen LogP) is 4.89. The van der Waals surface area contributed by atoms with E-state index in [1.165, 1.54) is 14.0 Å². The average Bonchev–Trinajstić information content (AvgIpc) is 3.20. The monoisotopic (exact) mass is 807 g/mol. The van der Waals surface area contributed by atoms with Gasteiger partial charge in [0.05, 0.1) is 18.8 Å². The second kappa shape index (κ2) is 23.1. The van der Waals surface area contributed by atoms with Crippen LogP contribution >= 0.6 is 11.6 Å². The lowest BCUT2D eigenvalue weighted by atomic mass is 9.95. The minimum atomic E-state index is -1.50. The quantitative estimate of drug-likeness (QED) is 0.0339. The number of carbonyl (C=O) groups is 3. The van der Waals surface area contributed by atoms with E-state index in [-0.39, 0.29) is 18.8 Å². The summed E-state index contributed by atoms with van der Waals surface area (Å²) in [5.74, 6) is -1.71. The maximum atomic E-state index is 13.7. The fraction of sp³-hybridized carbons (Fsp3) is 0.605. The van der Waals surface area contributed by atoms with Crippen molar-refractivity contribution in [3.8, 4) is 11.5 Å². The summed E-state index contributed by atoms with van der Waals surface area (Å²) in [6.45, 7) is 4.63. The molecule has 18 heteroatoms. The molecule has 2 aliphatic rings. The number of nitrogens with zero attached hydrogens (tertiary/aromatic N) is 3. The SMILES string of the molecule is CCCCOC1[C@H](O[C@@H]2OC(COC(C)=O)[C@@H](O)[C@H](OCCCC)C2N=[N+]=[N-])C(COC(=O)CCl)O[C@@H](Oc2ccc(OC)cc2)[C@H]1OC(=O)c1ccccc1. The van der Waals surface area contributed by atoms with Crippen molar-refractivity contribution in [1.82, 2.24) is 0 Å². The lowest BCUT2D eigenvalue weighted by Crippen LogP contribution is -2.66. The van der Waals surface area contributed by atoms with Gasteiger partial charge in [0.1, 0.15) is 67.2 Å². The van der Waals surface area contributed by atoms with E-state index in [2.05, 4.69) is 10.0 Å². The van der Waals surface area contributed by atoms with Crippen LogP contribution in [0.5, 0.6) is 11.5 Å². The van der Waals surface area contributed by atoms with Gasteiger partial charge in [-0.25, -0.2) is 4.79 Å². The van der Waals surface area contributed by atoms with Gasteiger partial charge in [-0.2, -0.15) is 0 Å². The molecule has 0 aromatic heterocycles. The number of hydrogen-bond donors (Lipinski definition) is 1. The number of esters is 3. The molecule has 2 heterocycles.